The predicted octanol–water partition coefficient (Wildman–Crippen LogP) is 3.62. The van der Waals surface area contributed by atoms with E-state index in [0.29, 0.717) is 46.6 Å². The number of ether oxygens (including phenoxy) is 4. The summed E-state index contributed by atoms with van der Waals surface area (Å²) in [5, 5.41) is 21.8. The predicted molar refractivity (Wildman–Crippen MR) is 115 cm³/mol. The number of aromatic nitrogens is 3. The highest BCUT2D eigenvalue weighted by Gasteiger charge is 2.17. The molecule has 0 aliphatic rings. The Bertz CT molecular complexity index is 1100. The SMILES string of the molecule is CCOc1cccc(/C=N/n2c(-c3cc(OC)c(OC)c(OC)c3)n[nH]c2=S)c1O. The van der Waals surface area contributed by atoms with E-state index in [2.05, 4.69) is 15.3 Å². The number of para-hydroxylation sites is 1. The van der Waals surface area contributed by atoms with Crippen LogP contribution in [0.5, 0.6) is 28.7 Å². The molecule has 0 saturated carbocycles. The second kappa shape index (κ2) is 9.31. The van der Waals surface area contributed by atoms with E-state index in [1.807, 2.05) is 6.92 Å². The van der Waals surface area contributed by atoms with E-state index < -0.39 is 0 Å². The summed E-state index contributed by atoms with van der Waals surface area (Å²) in [6.07, 6.45) is 1.48. The maximum atomic E-state index is 10.4. The van der Waals surface area contributed by atoms with Gasteiger partial charge in [0.1, 0.15) is 0 Å². The van der Waals surface area contributed by atoms with Crippen molar-refractivity contribution in [3.63, 3.8) is 0 Å². The Kier molecular flexibility index (Phi) is 6.58. The molecule has 0 spiro atoms. The van der Waals surface area contributed by atoms with E-state index in [4.69, 9.17) is 31.2 Å². The van der Waals surface area contributed by atoms with Gasteiger partial charge in [-0.1, -0.05) is 6.07 Å². The number of rotatable bonds is 8. The van der Waals surface area contributed by atoms with Crippen LogP contribution in [0.3, 0.4) is 0 Å². The highest BCUT2D eigenvalue weighted by atomic mass is 32.1. The van der Waals surface area contributed by atoms with Crippen molar-refractivity contribution in [3.8, 4) is 40.1 Å². The number of hydrogen-bond donors (Lipinski definition) is 2. The van der Waals surface area contributed by atoms with E-state index in [0.717, 1.165) is 0 Å². The Morgan fingerprint density at radius 2 is 1.83 bits per heavy atom. The van der Waals surface area contributed by atoms with E-state index in [9.17, 15) is 5.11 Å². The number of phenolic OH excluding ortho intramolecular Hbond substituents is 1. The van der Waals surface area contributed by atoms with Crippen molar-refractivity contribution >= 4 is 18.4 Å². The smallest absolute Gasteiger partial charge is 0.216 e. The van der Waals surface area contributed by atoms with Crippen LogP contribution in [0.4, 0.5) is 0 Å². The number of nitrogens with zero attached hydrogens (tertiary/aromatic N) is 3. The number of methoxy groups -OCH3 is 3. The number of aromatic hydroxyl groups is 1. The van der Waals surface area contributed by atoms with Crippen molar-refractivity contribution < 1.29 is 24.1 Å². The lowest BCUT2D eigenvalue weighted by molar-refractivity contribution is 0.318. The van der Waals surface area contributed by atoms with Gasteiger partial charge in [0.05, 0.1) is 34.2 Å². The molecule has 0 saturated heterocycles. The Labute approximate surface area is 178 Å². The zero-order valence-electron chi connectivity index (χ0n) is 17.0. The molecule has 0 unspecified atom stereocenters. The van der Waals surface area contributed by atoms with Gasteiger partial charge in [-0.25, -0.2) is 5.10 Å². The molecule has 0 aliphatic heterocycles. The molecule has 9 nitrogen and oxygen atoms in total. The Balaban J connectivity index is 2.06. The molecule has 0 aliphatic carbocycles. The van der Waals surface area contributed by atoms with Crippen LogP contribution in [-0.4, -0.2) is 54.1 Å². The molecule has 2 aromatic carbocycles. The molecule has 0 amide bonds. The van der Waals surface area contributed by atoms with Crippen LogP contribution in [0.15, 0.2) is 35.4 Å². The topological polar surface area (TPSA) is 103 Å². The summed E-state index contributed by atoms with van der Waals surface area (Å²) in [6, 6.07) is 8.64. The molecule has 1 heterocycles. The highest BCUT2D eigenvalue weighted by Crippen LogP contribution is 2.40. The normalized spacial score (nSPS) is 10.9. The first-order chi connectivity index (χ1) is 14.5. The fraction of sp³-hybridized carbons (Fsp3) is 0.250. The Morgan fingerprint density at radius 1 is 1.13 bits per heavy atom. The zero-order chi connectivity index (χ0) is 21.7. The van der Waals surface area contributed by atoms with Crippen LogP contribution in [0.2, 0.25) is 0 Å². The lowest BCUT2D eigenvalue weighted by Gasteiger charge is -2.13. The van der Waals surface area contributed by atoms with E-state index in [1.165, 1.54) is 32.2 Å². The maximum Gasteiger partial charge on any atom is 0.216 e. The summed E-state index contributed by atoms with van der Waals surface area (Å²) >= 11 is 5.32. The zero-order valence-corrected chi connectivity index (χ0v) is 17.8. The summed E-state index contributed by atoms with van der Waals surface area (Å²) in [7, 11) is 4.60. The van der Waals surface area contributed by atoms with Gasteiger partial charge in [-0.2, -0.15) is 14.9 Å². The maximum absolute atomic E-state index is 10.4. The average Bonchev–Trinajstić information content (AvgIpc) is 3.13. The molecule has 3 aromatic rings. The van der Waals surface area contributed by atoms with Gasteiger partial charge < -0.3 is 24.1 Å². The molecule has 0 fully saturated rings. The van der Waals surface area contributed by atoms with Gasteiger partial charge >= 0.3 is 0 Å². The highest BCUT2D eigenvalue weighted by molar-refractivity contribution is 7.71. The fourth-order valence-electron chi connectivity index (χ4n) is 2.83. The molecule has 1 aromatic heterocycles. The quantitative estimate of drug-likeness (QED) is 0.416. The first-order valence-corrected chi connectivity index (χ1v) is 9.41. The third-order valence-corrected chi connectivity index (χ3v) is 4.48. The summed E-state index contributed by atoms with van der Waals surface area (Å²) < 4.78 is 23.3. The molecule has 3 rings (SSSR count). The number of nitrogens with one attached hydrogen (secondary N) is 1. The summed E-state index contributed by atoms with van der Waals surface area (Å²) in [5.41, 5.74) is 1.11. The standard InChI is InChI=1S/C20H22N4O5S/c1-5-29-14-8-6-7-12(17(14)25)11-21-24-19(22-23-20(24)30)13-9-15(26-2)18(28-4)16(10-13)27-3/h6-11,25H,5H2,1-4H3,(H,23,30)/b21-11+. The van der Waals surface area contributed by atoms with Crippen molar-refractivity contribution in [3.05, 3.63) is 40.7 Å². The van der Waals surface area contributed by atoms with Crippen LogP contribution in [0.25, 0.3) is 11.4 Å². The van der Waals surface area contributed by atoms with E-state index in [1.54, 1.807) is 30.3 Å². The second-order valence-electron chi connectivity index (χ2n) is 5.95. The molecular weight excluding hydrogens is 408 g/mol. The van der Waals surface area contributed by atoms with Crippen LogP contribution in [0.1, 0.15) is 12.5 Å². The molecule has 30 heavy (non-hydrogen) atoms. The Hall–Kier alpha value is -3.53. The molecule has 2 N–H and O–H groups in total. The summed E-state index contributed by atoms with van der Waals surface area (Å²) in [5.74, 6) is 2.20. The average molecular weight is 430 g/mol. The molecule has 0 radical (unpaired) electrons. The number of benzene rings is 2. The fourth-order valence-corrected chi connectivity index (χ4v) is 3.01. The monoisotopic (exact) mass is 430 g/mol. The minimum Gasteiger partial charge on any atom is -0.504 e. The van der Waals surface area contributed by atoms with Gasteiger partial charge in [-0.15, -0.1) is 0 Å². The molecular formula is C20H22N4O5S. The lowest BCUT2D eigenvalue weighted by Crippen LogP contribution is -1.99. The first kappa shape index (κ1) is 21.2. The van der Waals surface area contributed by atoms with Gasteiger partial charge in [0, 0.05) is 11.1 Å². The second-order valence-corrected chi connectivity index (χ2v) is 6.34. The third-order valence-electron chi connectivity index (χ3n) is 4.22. The van der Waals surface area contributed by atoms with E-state index >= 15 is 0 Å². The van der Waals surface area contributed by atoms with Gasteiger partial charge in [0.25, 0.3) is 0 Å². The minimum absolute atomic E-state index is 0.00699. The van der Waals surface area contributed by atoms with E-state index in [-0.39, 0.29) is 10.5 Å². The largest absolute Gasteiger partial charge is 0.504 e. The van der Waals surface area contributed by atoms with Crippen LogP contribution < -0.4 is 18.9 Å². The molecule has 158 valence electrons. The first-order valence-electron chi connectivity index (χ1n) is 9.00. The van der Waals surface area contributed by atoms with Crippen molar-refractivity contribution in [2.75, 3.05) is 27.9 Å². The number of phenols is 1. The lowest BCUT2D eigenvalue weighted by atomic mass is 10.1. The van der Waals surface area contributed by atoms with Gasteiger partial charge in [0.2, 0.25) is 10.5 Å². The third kappa shape index (κ3) is 4.08. The Morgan fingerprint density at radius 3 is 2.43 bits per heavy atom. The van der Waals surface area contributed by atoms with Crippen LogP contribution in [-0.2, 0) is 0 Å². The minimum atomic E-state index is -0.00699. The van der Waals surface area contributed by atoms with Gasteiger partial charge in [-0.05, 0) is 43.4 Å². The summed E-state index contributed by atoms with van der Waals surface area (Å²) in [4.78, 5) is 0. The van der Waals surface area contributed by atoms with Gasteiger partial charge in [-0.3, -0.25) is 0 Å². The van der Waals surface area contributed by atoms with Crippen LogP contribution >= 0.6 is 12.2 Å². The summed E-state index contributed by atoms with van der Waals surface area (Å²) in [6.45, 7) is 2.28. The van der Waals surface area contributed by atoms with Crippen LogP contribution in [0, 0.1) is 4.77 Å². The molecule has 0 bridgehead atoms. The van der Waals surface area contributed by atoms with Gasteiger partial charge in [0.15, 0.2) is 28.8 Å². The number of aromatic amines is 1. The van der Waals surface area contributed by atoms with Crippen molar-refractivity contribution in [1.29, 1.82) is 0 Å². The van der Waals surface area contributed by atoms with Crippen molar-refractivity contribution in [1.82, 2.24) is 14.9 Å². The van der Waals surface area contributed by atoms with Crippen molar-refractivity contribution in [2.24, 2.45) is 5.10 Å². The molecule has 10 heteroatoms. The van der Waals surface area contributed by atoms with Crippen molar-refractivity contribution in [2.45, 2.75) is 6.92 Å². The number of hydrogen-bond acceptors (Lipinski definition) is 8. The molecule has 0 atom stereocenters. The number of H-pyrrole nitrogens is 1.